The second kappa shape index (κ2) is 7.14. The Morgan fingerprint density at radius 1 is 1.24 bits per heavy atom. The number of nitrogens with one attached hydrogen (secondary N) is 1. The first-order valence-electron chi connectivity index (χ1n) is 8.19. The number of halogens is 1. The molecule has 0 radical (unpaired) electrons. The van der Waals surface area contributed by atoms with Crippen LogP contribution < -0.4 is 5.32 Å². The molecule has 25 heavy (non-hydrogen) atoms. The summed E-state index contributed by atoms with van der Waals surface area (Å²) in [6, 6.07) is 4.00. The zero-order valence-electron chi connectivity index (χ0n) is 13.6. The molecule has 8 nitrogen and oxygen atoms in total. The number of carbonyl (C=O) groups excluding carboxylic acids is 2. The smallest absolute Gasteiger partial charge is 0.311 e. The Morgan fingerprint density at radius 2 is 1.92 bits per heavy atom. The molecule has 1 aromatic carbocycles. The van der Waals surface area contributed by atoms with Gasteiger partial charge in [-0.15, -0.1) is 0 Å². The fourth-order valence-corrected chi connectivity index (χ4v) is 2.78. The van der Waals surface area contributed by atoms with E-state index in [2.05, 4.69) is 5.32 Å². The SMILES string of the molecule is O=C(NC1CC1)C(=O)N1CCN(Cc2ccc([N+](=O)[O-])c(F)c2)CC1. The van der Waals surface area contributed by atoms with Crippen molar-refractivity contribution in [3.8, 4) is 0 Å². The molecule has 1 saturated heterocycles. The van der Waals surface area contributed by atoms with E-state index in [9.17, 15) is 24.1 Å². The van der Waals surface area contributed by atoms with Crippen LogP contribution in [0.25, 0.3) is 0 Å². The molecule has 2 aliphatic rings. The van der Waals surface area contributed by atoms with Crippen molar-refractivity contribution in [1.82, 2.24) is 15.1 Å². The Labute approximate surface area is 143 Å². The number of benzene rings is 1. The second-order valence-corrected chi connectivity index (χ2v) is 6.36. The van der Waals surface area contributed by atoms with Crippen LogP contribution >= 0.6 is 0 Å². The van der Waals surface area contributed by atoms with E-state index < -0.39 is 28.2 Å². The van der Waals surface area contributed by atoms with Crippen LogP contribution in [0.2, 0.25) is 0 Å². The molecule has 2 amide bonds. The first-order chi connectivity index (χ1) is 11.9. The van der Waals surface area contributed by atoms with Gasteiger partial charge in [-0.25, -0.2) is 0 Å². The van der Waals surface area contributed by atoms with Gasteiger partial charge in [0, 0.05) is 44.8 Å². The van der Waals surface area contributed by atoms with Crippen LogP contribution in [0.3, 0.4) is 0 Å². The quantitative estimate of drug-likeness (QED) is 0.489. The molecule has 0 bridgehead atoms. The van der Waals surface area contributed by atoms with Crippen LogP contribution in [0.4, 0.5) is 10.1 Å². The maximum absolute atomic E-state index is 13.7. The van der Waals surface area contributed by atoms with Crippen molar-refractivity contribution in [2.45, 2.75) is 25.4 Å². The van der Waals surface area contributed by atoms with E-state index in [1.54, 1.807) is 0 Å². The van der Waals surface area contributed by atoms with E-state index in [0.717, 1.165) is 18.9 Å². The van der Waals surface area contributed by atoms with E-state index in [1.165, 1.54) is 17.0 Å². The molecule has 1 heterocycles. The van der Waals surface area contributed by atoms with Crippen molar-refractivity contribution in [2.75, 3.05) is 26.2 Å². The van der Waals surface area contributed by atoms with E-state index in [4.69, 9.17) is 0 Å². The highest BCUT2D eigenvalue weighted by Crippen LogP contribution is 2.20. The molecule has 1 N–H and O–H groups in total. The Balaban J connectivity index is 1.50. The molecule has 0 unspecified atom stereocenters. The predicted molar refractivity (Wildman–Crippen MR) is 86.1 cm³/mol. The van der Waals surface area contributed by atoms with Gasteiger partial charge in [-0.3, -0.25) is 24.6 Å². The summed E-state index contributed by atoms with van der Waals surface area (Å²) in [4.78, 5) is 37.2. The summed E-state index contributed by atoms with van der Waals surface area (Å²) in [6.07, 6.45) is 1.86. The molecule has 1 saturated carbocycles. The Hall–Kier alpha value is -2.55. The zero-order chi connectivity index (χ0) is 18.0. The Bertz CT molecular complexity index is 699. The zero-order valence-corrected chi connectivity index (χ0v) is 13.6. The first kappa shape index (κ1) is 17.3. The minimum absolute atomic E-state index is 0.148. The van der Waals surface area contributed by atoms with Gasteiger partial charge in [0.25, 0.3) is 0 Å². The molecule has 3 rings (SSSR count). The summed E-state index contributed by atoms with van der Waals surface area (Å²) in [6.45, 7) is 2.39. The number of nitro groups is 1. The van der Waals surface area contributed by atoms with E-state index in [0.29, 0.717) is 38.3 Å². The van der Waals surface area contributed by atoms with Gasteiger partial charge in [-0.1, -0.05) is 6.07 Å². The number of hydrogen-bond donors (Lipinski definition) is 1. The summed E-state index contributed by atoms with van der Waals surface area (Å²) in [7, 11) is 0. The molecule has 9 heteroatoms. The van der Waals surface area contributed by atoms with E-state index in [-0.39, 0.29) is 6.04 Å². The lowest BCUT2D eigenvalue weighted by molar-refractivity contribution is -0.387. The van der Waals surface area contributed by atoms with Crippen LogP contribution in [0, 0.1) is 15.9 Å². The van der Waals surface area contributed by atoms with Crippen molar-refractivity contribution >= 4 is 17.5 Å². The topological polar surface area (TPSA) is 95.8 Å². The van der Waals surface area contributed by atoms with Crippen molar-refractivity contribution in [3.63, 3.8) is 0 Å². The summed E-state index contributed by atoms with van der Waals surface area (Å²) in [5, 5.41) is 13.3. The highest BCUT2D eigenvalue weighted by molar-refractivity contribution is 6.35. The third kappa shape index (κ3) is 4.30. The summed E-state index contributed by atoms with van der Waals surface area (Å²) < 4.78 is 13.7. The van der Waals surface area contributed by atoms with Crippen LogP contribution in [0.15, 0.2) is 18.2 Å². The highest BCUT2D eigenvalue weighted by atomic mass is 19.1. The number of nitro benzene ring substituents is 1. The van der Waals surface area contributed by atoms with Crippen LogP contribution in [0.5, 0.6) is 0 Å². The number of rotatable bonds is 4. The molecule has 1 aliphatic carbocycles. The molecule has 2 fully saturated rings. The molecule has 0 spiro atoms. The average Bonchev–Trinajstić information content (AvgIpc) is 3.38. The third-order valence-corrected chi connectivity index (χ3v) is 4.38. The minimum atomic E-state index is -0.854. The van der Waals surface area contributed by atoms with Crippen molar-refractivity contribution in [3.05, 3.63) is 39.7 Å². The number of piperazine rings is 1. The summed E-state index contributed by atoms with van der Waals surface area (Å²) in [5.74, 6) is -1.91. The van der Waals surface area contributed by atoms with Gasteiger partial charge in [-0.2, -0.15) is 4.39 Å². The number of hydrogen-bond acceptors (Lipinski definition) is 5. The number of nitrogens with zero attached hydrogens (tertiary/aromatic N) is 3. The van der Waals surface area contributed by atoms with Gasteiger partial charge < -0.3 is 10.2 Å². The van der Waals surface area contributed by atoms with Gasteiger partial charge >= 0.3 is 17.5 Å². The number of carbonyl (C=O) groups is 2. The summed E-state index contributed by atoms with van der Waals surface area (Å²) in [5.41, 5.74) is 0.0928. The van der Waals surface area contributed by atoms with Gasteiger partial charge in [0.05, 0.1) is 4.92 Å². The predicted octanol–water partition coefficient (Wildman–Crippen LogP) is 0.657. The van der Waals surface area contributed by atoms with E-state index in [1.807, 2.05) is 4.90 Å². The standard InChI is InChI=1S/C16H19FN4O4/c17-13-9-11(1-4-14(13)21(24)25)10-19-5-7-20(8-6-19)16(23)15(22)18-12-2-3-12/h1,4,9,12H,2-3,5-8,10H2,(H,18,22). The molecule has 134 valence electrons. The maximum Gasteiger partial charge on any atom is 0.311 e. The van der Waals surface area contributed by atoms with Crippen molar-refractivity contribution in [2.24, 2.45) is 0 Å². The van der Waals surface area contributed by atoms with Gasteiger partial charge in [0.15, 0.2) is 0 Å². The first-order valence-corrected chi connectivity index (χ1v) is 8.19. The lowest BCUT2D eigenvalue weighted by Gasteiger charge is -2.34. The molecule has 1 aliphatic heterocycles. The highest BCUT2D eigenvalue weighted by Gasteiger charge is 2.30. The maximum atomic E-state index is 13.7. The Morgan fingerprint density at radius 3 is 2.48 bits per heavy atom. The second-order valence-electron chi connectivity index (χ2n) is 6.36. The lowest BCUT2D eigenvalue weighted by atomic mass is 10.1. The number of amides is 2. The molecule has 1 aromatic rings. The van der Waals surface area contributed by atoms with Crippen LogP contribution in [0.1, 0.15) is 18.4 Å². The Kier molecular flexibility index (Phi) is 4.93. The monoisotopic (exact) mass is 350 g/mol. The molecular weight excluding hydrogens is 331 g/mol. The van der Waals surface area contributed by atoms with Crippen molar-refractivity contribution < 1.29 is 18.9 Å². The molecule has 0 aromatic heterocycles. The molecule has 0 atom stereocenters. The van der Waals surface area contributed by atoms with E-state index >= 15 is 0 Å². The van der Waals surface area contributed by atoms with Gasteiger partial charge in [0.1, 0.15) is 0 Å². The fourth-order valence-electron chi connectivity index (χ4n) is 2.78. The minimum Gasteiger partial charge on any atom is -0.345 e. The average molecular weight is 350 g/mol. The normalized spacial score (nSPS) is 18.0. The van der Waals surface area contributed by atoms with Gasteiger partial charge in [0.2, 0.25) is 5.82 Å². The largest absolute Gasteiger partial charge is 0.345 e. The molecular formula is C16H19FN4O4. The lowest BCUT2D eigenvalue weighted by Crippen LogP contribution is -2.52. The van der Waals surface area contributed by atoms with Gasteiger partial charge in [-0.05, 0) is 24.5 Å². The van der Waals surface area contributed by atoms with Crippen molar-refractivity contribution in [1.29, 1.82) is 0 Å². The third-order valence-electron chi connectivity index (χ3n) is 4.38. The summed E-state index contributed by atoms with van der Waals surface area (Å²) >= 11 is 0. The van der Waals surface area contributed by atoms with Crippen LogP contribution in [-0.2, 0) is 16.1 Å². The van der Waals surface area contributed by atoms with Crippen LogP contribution in [-0.4, -0.2) is 58.8 Å². The fraction of sp³-hybridized carbons (Fsp3) is 0.500.